The van der Waals surface area contributed by atoms with Crippen LogP contribution in [0.3, 0.4) is 0 Å². The smallest absolute Gasteiger partial charge is 0.171 e. The van der Waals surface area contributed by atoms with Gasteiger partial charge in [-0.3, -0.25) is 0 Å². The number of nitrogens with zero attached hydrogens (tertiary/aromatic N) is 3. The molecule has 0 fully saturated rings. The summed E-state index contributed by atoms with van der Waals surface area (Å²) in [4.78, 5) is 2.44. The first-order chi connectivity index (χ1) is 36.1. The average molecular weight is 952 g/mol. The first-order valence-electron chi connectivity index (χ1n) is 24.9. The van der Waals surface area contributed by atoms with Gasteiger partial charge in [0.25, 0.3) is 0 Å². The van der Waals surface area contributed by atoms with E-state index in [0.717, 1.165) is 105 Å². The molecule has 11 aromatic carbocycles. The minimum atomic E-state index is -3.52. The molecular weight excluding hydrogens is 910 g/mol. The molecule has 0 N–H and O–H groups in total. The summed E-state index contributed by atoms with van der Waals surface area (Å²) in [6.07, 6.45) is 0. The molecular formula is C67H42N3O2P. The van der Waals surface area contributed by atoms with Crippen LogP contribution in [-0.4, -0.2) is 9.13 Å². The molecule has 14 aromatic rings. The molecule has 2 atom stereocenters. The van der Waals surface area contributed by atoms with E-state index in [9.17, 15) is 0 Å². The lowest BCUT2D eigenvalue weighted by Crippen LogP contribution is -2.49. The molecule has 0 amide bonds. The van der Waals surface area contributed by atoms with Crippen LogP contribution in [0.25, 0.3) is 76.9 Å². The summed E-state index contributed by atoms with van der Waals surface area (Å²) in [6, 6.07) is 91.1. The summed E-state index contributed by atoms with van der Waals surface area (Å²) in [5.41, 5.74) is 14.7. The van der Waals surface area contributed by atoms with Crippen LogP contribution >= 0.6 is 7.14 Å². The van der Waals surface area contributed by atoms with Crippen molar-refractivity contribution < 1.29 is 8.98 Å². The quantitative estimate of drug-likeness (QED) is 0.165. The Balaban J connectivity index is 1.05. The Kier molecular flexibility index (Phi) is 8.30. The van der Waals surface area contributed by atoms with Gasteiger partial charge in [0.1, 0.15) is 11.2 Å². The number of fused-ring (bicyclic) bond motifs is 17. The SMILES string of the molecule is O=P1(c2ccccc2)c2ccccc2C2(c3ccccc3N(c3ccccc3)c3cc(-n4c5ccccc5c5cc6c7ccccc7n(-c7ccccc7)c6cc54)ccc32)c2cc3c(cc21)oc1ccccc13. The largest absolute Gasteiger partial charge is 0.456 e. The van der Waals surface area contributed by atoms with E-state index < -0.39 is 12.6 Å². The van der Waals surface area contributed by atoms with Crippen molar-refractivity contribution in [1.82, 2.24) is 9.13 Å². The molecule has 0 aliphatic carbocycles. The Morgan fingerprint density at radius 2 is 0.890 bits per heavy atom. The maximum Gasteiger partial charge on any atom is 0.171 e. The number of rotatable bonds is 4. The fraction of sp³-hybridized carbons (Fsp3) is 0.0149. The van der Waals surface area contributed by atoms with Gasteiger partial charge in [0.2, 0.25) is 0 Å². The van der Waals surface area contributed by atoms with Gasteiger partial charge in [0.15, 0.2) is 7.14 Å². The number of aromatic nitrogens is 2. The van der Waals surface area contributed by atoms with Crippen LogP contribution < -0.4 is 20.8 Å². The minimum Gasteiger partial charge on any atom is -0.456 e. The molecule has 0 saturated carbocycles. The van der Waals surface area contributed by atoms with Gasteiger partial charge in [-0.1, -0.05) is 170 Å². The summed E-state index contributed by atoms with van der Waals surface area (Å²) in [6.45, 7) is 0. The first-order valence-corrected chi connectivity index (χ1v) is 26.6. The van der Waals surface area contributed by atoms with Crippen molar-refractivity contribution >= 4 is 106 Å². The molecule has 2 aliphatic heterocycles. The Morgan fingerprint density at radius 1 is 0.329 bits per heavy atom. The third kappa shape index (κ3) is 5.34. The number of hydrogen-bond donors (Lipinski definition) is 0. The molecule has 73 heavy (non-hydrogen) atoms. The summed E-state index contributed by atoms with van der Waals surface area (Å²) in [5.74, 6) is 0. The van der Waals surface area contributed by atoms with Crippen molar-refractivity contribution in [2.45, 2.75) is 5.41 Å². The fourth-order valence-electron chi connectivity index (χ4n) is 13.0. The van der Waals surface area contributed by atoms with Gasteiger partial charge in [0.05, 0.1) is 38.9 Å². The second-order valence-corrected chi connectivity index (χ2v) is 22.2. The van der Waals surface area contributed by atoms with E-state index in [1.54, 1.807) is 0 Å². The first kappa shape index (κ1) is 40.6. The van der Waals surface area contributed by atoms with Crippen molar-refractivity contribution in [3.05, 3.63) is 277 Å². The second kappa shape index (κ2) is 14.9. The van der Waals surface area contributed by atoms with E-state index >= 15 is 4.57 Å². The highest BCUT2D eigenvalue weighted by Crippen LogP contribution is 2.63. The van der Waals surface area contributed by atoms with Crippen molar-refractivity contribution in [3.63, 3.8) is 0 Å². The van der Waals surface area contributed by atoms with Crippen LogP contribution in [0.1, 0.15) is 22.3 Å². The Morgan fingerprint density at radius 3 is 1.62 bits per heavy atom. The van der Waals surface area contributed by atoms with Crippen molar-refractivity contribution in [3.8, 4) is 11.4 Å². The number of furan rings is 1. The van der Waals surface area contributed by atoms with Gasteiger partial charge in [-0.25, -0.2) is 0 Å². The summed E-state index contributed by atoms with van der Waals surface area (Å²) >= 11 is 0. The normalized spacial score (nSPS) is 16.9. The monoisotopic (exact) mass is 951 g/mol. The van der Waals surface area contributed by atoms with Gasteiger partial charge in [-0.15, -0.1) is 0 Å². The Bertz CT molecular complexity index is 4670. The highest BCUT2D eigenvalue weighted by atomic mass is 31.2. The molecule has 0 radical (unpaired) electrons. The molecule has 5 heterocycles. The number of benzene rings is 11. The maximum absolute atomic E-state index is 16.9. The van der Waals surface area contributed by atoms with Gasteiger partial charge in [-0.2, -0.15) is 0 Å². The third-order valence-corrected chi connectivity index (χ3v) is 19.1. The highest BCUT2D eigenvalue weighted by molar-refractivity contribution is 7.85. The Labute approximate surface area is 420 Å². The molecule has 0 bridgehead atoms. The molecule has 2 aliphatic rings. The lowest BCUT2D eigenvalue weighted by molar-refractivity contribution is 0.590. The van der Waals surface area contributed by atoms with Crippen LogP contribution in [0.15, 0.2) is 259 Å². The molecule has 6 heteroatoms. The molecule has 16 rings (SSSR count). The van der Waals surface area contributed by atoms with Crippen LogP contribution in [-0.2, 0) is 9.98 Å². The highest BCUT2D eigenvalue weighted by Gasteiger charge is 2.55. The van der Waals surface area contributed by atoms with E-state index in [0.29, 0.717) is 0 Å². The van der Waals surface area contributed by atoms with E-state index in [1.807, 2.05) is 42.5 Å². The number of anilines is 3. The van der Waals surface area contributed by atoms with Gasteiger partial charge in [-0.05, 0) is 107 Å². The van der Waals surface area contributed by atoms with E-state index in [4.69, 9.17) is 4.42 Å². The van der Waals surface area contributed by atoms with Crippen LogP contribution in [0.2, 0.25) is 0 Å². The van der Waals surface area contributed by atoms with Crippen LogP contribution in [0.5, 0.6) is 0 Å². The zero-order valence-electron chi connectivity index (χ0n) is 39.4. The molecule has 5 nitrogen and oxygen atoms in total. The van der Waals surface area contributed by atoms with Crippen molar-refractivity contribution in [2.75, 3.05) is 4.90 Å². The minimum absolute atomic E-state index is 0.725. The molecule has 342 valence electrons. The van der Waals surface area contributed by atoms with Crippen molar-refractivity contribution in [1.29, 1.82) is 0 Å². The predicted octanol–water partition coefficient (Wildman–Crippen LogP) is 15.9. The van der Waals surface area contributed by atoms with Crippen LogP contribution in [0.4, 0.5) is 17.1 Å². The fourth-order valence-corrected chi connectivity index (χ4v) is 16.2. The molecule has 3 aromatic heterocycles. The van der Waals surface area contributed by atoms with Crippen molar-refractivity contribution in [2.24, 2.45) is 0 Å². The summed E-state index contributed by atoms with van der Waals surface area (Å²) in [5, 5.41) is 9.29. The predicted molar refractivity (Wildman–Crippen MR) is 302 cm³/mol. The lowest BCUT2D eigenvalue weighted by atomic mass is 9.62. The molecule has 2 unspecified atom stereocenters. The van der Waals surface area contributed by atoms with Gasteiger partial charge in [0, 0.05) is 65.3 Å². The van der Waals surface area contributed by atoms with E-state index in [-0.39, 0.29) is 0 Å². The summed E-state index contributed by atoms with van der Waals surface area (Å²) < 4.78 is 28.5. The topological polar surface area (TPSA) is 43.3 Å². The van der Waals surface area contributed by atoms with E-state index in [1.165, 1.54) is 27.1 Å². The molecule has 1 spiro atoms. The average Bonchev–Trinajstić information content (AvgIpc) is 4.15. The summed E-state index contributed by atoms with van der Waals surface area (Å²) in [7, 11) is -3.52. The molecule has 0 saturated heterocycles. The van der Waals surface area contributed by atoms with Gasteiger partial charge < -0.3 is 23.0 Å². The second-order valence-electron chi connectivity index (χ2n) is 19.5. The lowest BCUT2D eigenvalue weighted by Gasteiger charge is -2.50. The standard InChI is InChI=1S/C67H42N3O2P/c71-73(46-24-8-3-9-25-46)65-35-19-14-30-55(65)67(56-40-52-49-28-12-18-34-63(49)72-64(52)42-66(56)73)53-29-13-17-33-59(53)69(44-22-6-2-7-23-44)62-38-45(36-37-54(62)67)70-58-32-16-11-27-48(58)51-39-50-47-26-10-15-31-57(47)68(60(50)41-61(51)70)43-20-4-1-5-21-43/h1-42H. The third-order valence-electron chi connectivity index (χ3n) is 15.9. The van der Waals surface area contributed by atoms with Gasteiger partial charge >= 0.3 is 0 Å². The van der Waals surface area contributed by atoms with Crippen LogP contribution in [0, 0.1) is 0 Å². The number of para-hydroxylation sites is 6. The maximum atomic E-state index is 16.9. The Hall–Kier alpha value is -9.15. The van der Waals surface area contributed by atoms with E-state index in [2.05, 4.69) is 226 Å². The zero-order valence-corrected chi connectivity index (χ0v) is 40.2. The zero-order chi connectivity index (χ0) is 48.0. The number of hydrogen-bond acceptors (Lipinski definition) is 3.